The molecule has 184 valence electrons. The minimum Gasteiger partial charge on any atom is -0.483 e. The highest BCUT2D eigenvalue weighted by Gasteiger charge is 2.60. The van der Waals surface area contributed by atoms with Gasteiger partial charge in [-0.1, -0.05) is 36.4 Å². The number of benzene rings is 2. The van der Waals surface area contributed by atoms with E-state index in [4.69, 9.17) is 4.74 Å². The van der Waals surface area contributed by atoms with Gasteiger partial charge in [0.15, 0.2) is 11.4 Å². The summed E-state index contributed by atoms with van der Waals surface area (Å²) in [5.74, 6) is -2.22. The van der Waals surface area contributed by atoms with E-state index in [0.717, 1.165) is 30.5 Å². The minimum atomic E-state index is -0.796. The zero-order valence-electron chi connectivity index (χ0n) is 19.3. The molecule has 4 heterocycles. The molecule has 2 aromatic carbocycles. The molecule has 2 saturated heterocycles. The SMILES string of the molecule is O=C(NCc1ccc(F)cc1F)c1cn2c(c(OCc3ccccc3)c1=O)C(=O)N1CC3CC1(C3)C2. The number of aromatic nitrogens is 1. The summed E-state index contributed by atoms with van der Waals surface area (Å²) in [6.07, 6.45) is 3.20. The first-order valence-corrected chi connectivity index (χ1v) is 11.8. The van der Waals surface area contributed by atoms with Crippen LogP contribution in [0.25, 0.3) is 0 Å². The summed E-state index contributed by atoms with van der Waals surface area (Å²) in [5.41, 5.74) is -0.151. The Balaban J connectivity index is 1.35. The first kappa shape index (κ1) is 22.5. The predicted molar refractivity (Wildman–Crippen MR) is 125 cm³/mol. The highest BCUT2D eigenvalue weighted by Crippen LogP contribution is 2.54. The number of halogens is 2. The van der Waals surface area contributed by atoms with Crippen molar-refractivity contribution in [3.8, 4) is 5.75 Å². The maximum atomic E-state index is 14.0. The van der Waals surface area contributed by atoms with E-state index in [2.05, 4.69) is 5.32 Å². The number of ether oxygens (including phenoxy) is 1. The van der Waals surface area contributed by atoms with Gasteiger partial charge in [-0.15, -0.1) is 0 Å². The molecule has 3 fully saturated rings. The third kappa shape index (κ3) is 3.57. The molecule has 36 heavy (non-hydrogen) atoms. The van der Waals surface area contributed by atoms with Crippen LogP contribution in [0.3, 0.4) is 0 Å². The lowest BCUT2D eigenvalue weighted by molar-refractivity contribution is 0.0386. The van der Waals surface area contributed by atoms with Gasteiger partial charge in [0.25, 0.3) is 11.8 Å². The van der Waals surface area contributed by atoms with Crippen molar-refractivity contribution < 1.29 is 23.1 Å². The maximum absolute atomic E-state index is 14.0. The number of rotatable bonds is 6. The van der Waals surface area contributed by atoms with Crippen LogP contribution in [0.1, 0.15) is 44.8 Å². The molecule has 0 radical (unpaired) electrons. The second-order valence-electron chi connectivity index (χ2n) is 9.78. The number of carbonyl (C=O) groups excluding carboxylic acids is 2. The molecule has 1 saturated carbocycles. The normalized spacial score (nSPS) is 21.4. The fourth-order valence-electron chi connectivity index (χ4n) is 5.72. The van der Waals surface area contributed by atoms with Gasteiger partial charge in [0.05, 0.1) is 5.54 Å². The first-order chi connectivity index (χ1) is 17.3. The van der Waals surface area contributed by atoms with Gasteiger partial charge in [-0.05, 0) is 30.4 Å². The summed E-state index contributed by atoms with van der Waals surface area (Å²) in [7, 11) is 0. The molecule has 2 amide bonds. The van der Waals surface area contributed by atoms with Crippen LogP contribution in [0, 0.1) is 17.6 Å². The molecular formula is C27H23F2N3O4. The average molecular weight is 491 g/mol. The van der Waals surface area contributed by atoms with Crippen molar-refractivity contribution in [3.05, 3.63) is 99.0 Å². The standard InChI is InChI=1S/C27H23F2N3O4/c28-19-7-6-18(21(29)8-19)11-30-25(34)20-13-31-15-27-9-17(10-27)12-32(27)26(35)22(31)24(23(20)33)36-14-16-4-2-1-3-5-16/h1-8,13,17H,9-12,14-15H2,(H,30,34). The Labute approximate surface area is 205 Å². The summed E-state index contributed by atoms with van der Waals surface area (Å²) in [6, 6.07) is 12.3. The quantitative estimate of drug-likeness (QED) is 0.574. The smallest absolute Gasteiger partial charge is 0.275 e. The number of fused-ring (bicyclic) bond motifs is 1. The highest BCUT2D eigenvalue weighted by molar-refractivity contribution is 6.00. The molecule has 2 bridgehead atoms. The fourth-order valence-corrected chi connectivity index (χ4v) is 5.72. The third-order valence-corrected chi connectivity index (χ3v) is 7.43. The Morgan fingerprint density at radius 3 is 2.64 bits per heavy atom. The van der Waals surface area contributed by atoms with Crippen molar-refractivity contribution >= 4 is 11.8 Å². The third-order valence-electron chi connectivity index (χ3n) is 7.43. The van der Waals surface area contributed by atoms with Crippen molar-refractivity contribution in [2.24, 2.45) is 5.92 Å². The molecule has 9 heteroatoms. The molecule has 4 aliphatic rings. The summed E-state index contributed by atoms with van der Waals surface area (Å²) >= 11 is 0. The van der Waals surface area contributed by atoms with Gasteiger partial charge in [-0.2, -0.15) is 0 Å². The summed E-state index contributed by atoms with van der Waals surface area (Å²) < 4.78 is 34.8. The van der Waals surface area contributed by atoms with Crippen LogP contribution in [0.2, 0.25) is 0 Å². The summed E-state index contributed by atoms with van der Waals surface area (Å²) in [4.78, 5) is 41.8. The summed E-state index contributed by atoms with van der Waals surface area (Å²) in [6.45, 7) is 0.955. The van der Waals surface area contributed by atoms with Crippen LogP contribution in [-0.2, 0) is 19.7 Å². The minimum absolute atomic E-state index is 0.0516. The van der Waals surface area contributed by atoms with E-state index in [1.165, 1.54) is 12.3 Å². The van der Waals surface area contributed by atoms with Crippen molar-refractivity contribution in [2.45, 2.75) is 38.1 Å². The number of hydrogen-bond donors (Lipinski definition) is 1. The van der Waals surface area contributed by atoms with Gasteiger partial charge in [-0.3, -0.25) is 14.4 Å². The molecule has 1 aromatic heterocycles. The molecule has 3 aliphatic heterocycles. The zero-order valence-corrected chi connectivity index (χ0v) is 19.3. The van der Waals surface area contributed by atoms with Crippen LogP contribution in [0.5, 0.6) is 5.75 Å². The Hall–Kier alpha value is -4.01. The molecule has 0 atom stereocenters. The number of nitrogens with zero attached hydrogens (tertiary/aromatic N) is 2. The topological polar surface area (TPSA) is 80.6 Å². The van der Waals surface area contributed by atoms with E-state index < -0.39 is 23.0 Å². The van der Waals surface area contributed by atoms with Crippen LogP contribution < -0.4 is 15.5 Å². The largest absolute Gasteiger partial charge is 0.483 e. The predicted octanol–water partition coefficient (Wildman–Crippen LogP) is 3.25. The maximum Gasteiger partial charge on any atom is 0.275 e. The highest BCUT2D eigenvalue weighted by atomic mass is 19.1. The first-order valence-electron chi connectivity index (χ1n) is 11.8. The Bertz CT molecular complexity index is 1450. The van der Waals surface area contributed by atoms with E-state index in [1.807, 2.05) is 35.2 Å². The number of hydrogen-bond acceptors (Lipinski definition) is 4. The monoisotopic (exact) mass is 491 g/mol. The number of carbonyl (C=O) groups is 2. The fraction of sp³-hybridized carbons (Fsp3) is 0.296. The van der Waals surface area contributed by atoms with Crippen molar-refractivity contribution in [3.63, 3.8) is 0 Å². The molecule has 7 rings (SSSR count). The Morgan fingerprint density at radius 2 is 1.89 bits per heavy atom. The van der Waals surface area contributed by atoms with Crippen LogP contribution in [0.15, 0.2) is 59.5 Å². The van der Waals surface area contributed by atoms with Gasteiger partial charge in [0, 0.05) is 37.5 Å². The van der Waals surface area contributed by atoms with Crippen LogP contribution in [-0.4, -0.2) is 33.4 Å². The molecule has 1 aliphatic carbocycles. The lowest BCUT2D eigenvalue weighted by atomic mass is 9.72. The van der Waals surface area contributed by atoms with Gasteiger partial charge < -0.3 is 19.5 Å². The molecule has 1 spiro atoms. The van der Waals surface area contributed by atoms with E-state index >= 15 is 0 Å². The Morgan fingerprint density at radius 1 is 1.11 bits per heavy atom. The number of pyridine rings is 1. The van der Waals surface area contributed by atoms with E-state index in [9.17, 15) is 23.2 Å². The second kappa shape index (κ2) is 8.29. The van der Waals surface area contributed by atoms with Crippen LogP contribution in [0.4, 0.5) is 8.78 Å². The van der Waals surface area contributed by atoms with E-state index in [0.29, 0.717) is 19.0 Å². The second-order valence-corrected chi connectivity index (χ2v) is 9.78. The van der Waals surface area contributed by atoms with Gasteiger partial charge in [-0.25, -0.2) is 8.78 Å². The van der Waals surface area contributed by atoms with Crippen molar-refractivity contribution in [1.29, 1.82) is 0 Å². The lowest BCUT2D eigenvalue weighted by Gasteiger charge is -2.46. The number of amides is 2. The average Bonchev–Trinajstić information content (AvgIpc) is 3.40. The van der Waals surface area contributed by atoms with Crippen molar-refractivity contribution in [1.82, 2.24) is 14.8 Å². The lowest BCUT2D eigenvalue weighted by Crippen LogP contribution is -2.56. The molecule has 3 aromatic rings. The molecule has 0 unspecified atom stereocenters. The Kier molecular flexibility index (Phi) is 5.17. The van der Waals surface area contributed by atoms with Gasteiger partial charge in [0.2, 0.25) is 5.43 Å². The van der Waals surface area contributed by atoms with Gasteiger partial charge in [0.1, 0.15) is 23.8 Å². The zero-order chi connectivity index (χ0) is 25.0. The van der Waals surface area contributed by atoms with E-state index in [-0.39, 0.29) is 47.2 Å². The van der Waals surface area contributed by atoms with Crippen molar-refractivity contribution in [2.75, 3.05) is 6.54 Å². The molecule has 7 nitrogen and oxygen atoms in total. The number of nitrogens with one attached hydrogen (secondary N) is 1. The van der Waals surface area contributed by atoms with E-state index in [1.54, 1.807) is 4.57 Å². The summed E-state index contributed by atoms with van der Waals surface area (Å²) in [5, 5.41) is 2.54. The van der Waals surface area contributed by atoms with Gasteiger partial charge >= 0.3 is 0 Å². The molecule has 1 N–H and O–H groups in total. The van der Waals surface area contributed by atoms with Crippen LogP contribution >= 0.6 is 0 Å². The molecular weight excluding hydrogens is 468 g/mol.